The minimum atomic E-state index is -0.723. The van der Waals surface area contributed by atoms with E-state index < -0.39 is 24.5 Å². The molecule has 3 amide bonds. The Morgan fingerprint density at radius 2 is 1.71 bits per heavy atom. The lowest BCUT2D eigenvalue weighted by molar-refractivity contribution is -0.123. The Bertz CT molecular complexity index is 1090. The van der Waals surface area contributed by atoms with Crippen molar-refractivity contribution in [1.82, 2.24) is 20.4 Å². The van der Waals surface area contributed by atoms with Crippen molar-refractivity contribution >= 4 is 17.9 Å². The number of para-hydroxylation sites is 1. The summed E-state index contributed by atoms with van der Waals surface area (Å²) in [6.45, 7) is 4.87. The Morgan fingerprint density at radius 3 is 2.39 bits per heavy atom. The Balaban J connectivity index is 1.83. The van der Waals surface area contributed by atoms with E-state index in [1.807, 2.05) is 61.5 Å². The lowest BCUT2D eigenvalue weighted by atomic mass is 10.0. The van der Waals surface area contributed by atoms with E-state index in [2.05, 4.69) is 15.7 Å². The van der Waals surface area contributed by atoms with Gasteiger partial charge in [-0.05, 0) is 38.5 Å². The average molecular weight is 420 g/mol. The number of imide groups is 1. The molecule has 0 aliphatic heterocycles. The maximum atomic E-state index is 12.8. The smallest absolute Gasteiger partial charge is 0.342 e. The Morgan fingerprint density at radius 1 is 1.03 bits per heavy atom. The van der Waals surface area contributed by atoms with Crippen LogP contribution in [0.3, 0.4) is 0 Å². The van der Waals surface area contributed by atoms with E-state index in [9.17, 15) is 14.4 Å². The minimum Gasteiger partial charge on any atom is -0.452 e. The van der Waals surface area contributed by atoms with Gasteiger partial charge in [0.2, 0.25) is 0 Å². The molecule has 8 heteroatoms. The molecule has 0 unspecified atom stereocenters. The third kappa shape index (κ3) is 5.57. The molecule has 0 fully saturated rings. The molecule has 0 saturated carbocycles. The normalized spacial score (nSPS) is 10.6. The van der Waals surface area contributed by atoms with E-state index in [0.717, 1.165) is 16.8 Å². The molecule has 0 spiro atoms. The van der Waals surface area contributed by atoms with E-state index in [1.54, 1.807) is 24.7 Å². The van der Waals surface area contributed by atoms with Gasteiger partial charge in [0.05, 0.1) is 5.69 Å². The molecule has 0 radical (unpaired) electrons. The van der Waals surface area contributed by atoms with E-state index in [0.29, 0.717) is 5.69 Å². The van der Waals surface area contributed by atoms with Crippen LogP contribution in [0, 0.1) is 6.92 Å². The monoisotopic (exact) mass is 420 g/mol. The molecule has 8 nitrogen and oxygen atoms in total. The fourth-order valence-corrected chi connectivity index (χ4v) is 2.94. The summed E-state index contributed by atoms with van der Waals surface area (Å²) in [5, 5.41) is 9.24. The molecular formula is C23H24N4O4. The number of carbonyl (C=O) groups excluding carboxylic acids is 3. The van der Waals surface area contributed by atoms with Gasteiger partial charge >= 0.3 is 12.0 Å². The van der Waals surface area contributed by atoms with Gasteiger partial charge in [0.15, 0.2) is 6.61 Å². The van der Waals surface area contributed by atoms with Gasteiger partial charge in [0.25, 0.3) is 5.91 Å². The zero-order valence-corrected chi connectivity index (χ0v) is 17.6. The van der Waals surface area contributed by atoms with Crippen LogP contribution < -0.4 is 10.6 Å². The van der Waals surface area contributed by atoms with E-state index >= 15 is 0 Å². The number of hydrogen-bond acceptors (Lipinski definition) is 5. The fraction of sp³-hybridized carbons (Fsp3) is 0.217. The van der Waals surface area contributed by atoms with Crippen LogP contribution in [0.2, 0.25) is 0 Å². The van der Waals surface area contributed by atoms with Crippen LogP contribution >= 0.6 is 0 Å². The molecule has 2 N–H and O–H groups in total. The van der Waals surface area contributed by atoms with Crippen molar-refractivity contribution in [3.8, 4) is 16.9 Å². The summed E-state index contributed by atoms with van der Waals surface area (Å²) in [7, 11) is 0. The zero-order chi connectivity index (χ0) is 22.4. The van der Waals surface area contributed by atoms with Crippen LogP contribution in [0.25, 0.3) is 16.9 Å². The number of carbonyl (C=O) groups is 3. The first-order chi connectivity index (χ1) is 14.8. The van der Waals surface area contributed by atoms with Gasteiger partial charge in [-0.3, -0.25) is 10.1 Å². The molecule has 0 aliphatic carbocycles. The van der Waals surface area contributed by atoms with Crippen molar-refractivity contribution in [3.63, 3.8) is 0 Å². The van der Waals surface area contributed by atoms with Gasteiger partial charge in [0, 0.05) is 17.8 Å². The summed E-state index contributed by atoms with van der Waals surface area (Å²) in [4.78, 5) is 36.4. The number of rotatable bonds is 6. The van der Waals surface area contributed by atoms with Crippen LogP contribution in [-0.4, -0.2) is 40.3 Å². The van der Waals surface area contributed by atoms with Gasteiger partial charge in [-0.25, -0.2) is 14.3 Å². The van der Waals surface area contributed by atoms with Gasteiger partial charge in [-0.15, -0.1) is 0 Å². The lowest BCUT2D eigenvalue weighted by Gasteiger charge is -2.09. The molecule has 3 rings (SSSR count). The number of nitrogens with zero attached hydrogens (tertiary/aromatic N) is 2. The highest BCUT2D eigenvalue weighted by molar-refractivity contribution is 5.99. The van der Waals surface area contributed by atoms with Gasteiger partial charge in [-0.2, -0.15) is 5.10 Å². The fourth-order valence-electron chi connectivity index (χ4n) is 2.94. The highest BCUT2D eigenvalue weighted by Crippen LogP contribution is 2.27. The summed E-state index contributed by atoms with van der Waals surface area (Å²) in [5.74, 6) is -1.43. The van der Waals surface area contributed by atoms with Crippen LogP contribution in [0.4, 0.5) is 4.79 Å². The molecule has 0 saturated heterocycles. The molecule has 3 aromatic rings. The molecular weight excluding hydrogens is 396 g/mol. The second-order valence-corrected chi connectivity index (χ2v) is 7.24. The van der Waals surface area contributed by atoms with Crippen molar-refractivity contribution in [1.29, 1.82) is 0 Å². The number of esters is 1. The maximum absolute atomic E-state index is 12.8. The van der Waals surface area contributed by atoms with Gasteiger partial charge < -0.3 is 10.1 Å². The minimum absolute atomic E-state index is 0.129. The summed E-state index contributed by atoms with van der Waals surface area (Å²) < 4.78 is 6.75. The number of hydrogen-bond donors (Lipinski definition) is 2. The van der Waals surface area contributed by atoms with Gasteiger partial charge in [0.1, 0.15) is 11.3 Å². The average Bonchev–Trinajstić information content (AvgIpc) is 3.17. The molecule has 1 heterocycles. The Kier molecular flexibility index (Phi) is 6.81. The first-order valence-corrected chi connectivity index (χ1v) is 9.83. The number of aromatic nitrogens is 2. The summed E-state index contributed by atoms with van der Waals surface area (Å²) >= 11 is 0. The second-order valence-electron chi connectivity index (χ2n) is 7.24. The maximum Gasteiger partial charge on any atom is 0.342 e. The van der Waals surface area contributed by atoms with E-state index in [-0.39, 0.29) is 11.6 Å². The number of amides is 3. The number of benzene rings is 2. The summed E-state index contributed by atoms with van der Waals surface area (Å²) in [6.07, 6.45) is 1.57. The quantitative estimate of drug-likeness (QED) is 0.596. The summed E-state index contributed by atoms with van der Waals surface area (Å²) in [6, 6.07) is 16.1. The summed E-state index contributed by atoms with van der Waals surface area (Å²) in [5.41, 5.74) is 3.17. The molecule has 0 atom stereocenters. The third-order valence-corrected chi connectivity index (χ3v) is 4.36. The number of ether oxygens (including phenoxy) is 1. The van der Waals surface area contributed by atoms with Crippen molar-refractivity contribution < 1.29 is 19.1 Å². The van der Waals surface area contributed by atoms with E-state index in [4.69, 9.17) is 4.74 Å². The standard InChI is InChI=1S/C23H24N4O4/c1-15(2)24-23(30)25-20(28)14-31-22(29)19-13-27(17-10-5-4-6-11-17)26-21(19)18-12-8-7-9-16(18)3/h4-13,15H,14H2,1-3H3,(H2,24,25,28,30). The lowest BCUT2D eigenvalue weighted by Crippen LogP contribution is -2.44. The molecule has 0 bridgehead atoms. The Labute approximate surface area is 180 Å². The Hall–Kier alpha value is -3.94. The largest absolute Gasteiger partial charge is 0.452 e. The zero-order valence-electron chi connectivity index (χ0n) is 17.6. The molecule has 160 valence electrons. The van der Waals surface area contributed by atoms with Crippen molar-refractivity contribution in [2.24, 2.45) is 0 Å². The molecule has 31 heavy (non-hydrogen) atoms. The third-order valence-electron chi connectivity index (χ3n) is 4.36. The van der Waals surface area contributed by atoms with Crippen molar-refractivity contribution in [3.05, 3.63) is 71.9 Å². The molecule has 2 aromatic carbocycles. The van der Waals surface area contributed by atoms with Crippen LogP contribution in [0.1, 0.15) is 29.8 Å². The SMILES string of the molecule is Cc1ccccc1-c1nn(-c2ccccc2)cc1C(=O)OCC(=O)NC(=O)NC(C)C. The predicted octanol–water partition coefficient (Wildman–Crippen LogP) is 3.24. The van der Waals surface area contributed by atoms with E-state index in [1.165, 1.54) is 0 Å². The van der Waals surface area contributed by atoms with Crippen LogP contribution in [0.15, 0.2) is 60.8 Å². The van der Waals surface area contributed by atoms with Crippen molar-refractivity contribution in [2.45, 2.75) is 26.8 Å². The highest BCUT2D eigenvalue weighted by Gasteiger charge is 2.22. The first-order valence-electron chi connectivity index (χ1n) is 9.83. The number of aryl methyl sites for hydroxylation is 1. The molecule has 1 aromatic heterocycles. The number of urea groups is 1. The van der Waals surface area contributed by atoms with Crippen LogP contribution in [-0.2, 0) is 9.53 Å². The predicted molar refractivity (Wildman–Crippen MR) is 116 cm³/mol. The first kappa shape index (κ1) is 21.8. The highest BCUT2D eigenvalue weighted by atomic mass is 16.5. The molecule has 0 aliphatic rings. The van der Waals surface area contributed by atoms with Gasteiger partial charge in [-0.1, -0.05) is 42.5 Å². The second kappa shape index (κ2) is 9.71. The van der Waals surface area contributed by atoms with Crippen LogP contribution in [0.5, 0.6) is 0 Å². The van der Waals surface area contributed by atoms with Crippen molar-refractivity contribution in [2.75, 3.05) is 6.61 Å². The topological polar surface area (TPSA) is 102 Å². The number of nitrogens with one attached hydrogen (secondary N) is 2.